The van der Waals surface area contributed by atoms with E-state index in [1.165, 1.54) is 11.8 Å². The molecule has 1 saturated heterocycles. The molecule has 20 heavy (non-hydrogen) atoms. The lowest BCUT2D eigenvalue weighted by atomic mass is 10.2. The third-order valence-electron chi connectivity index (χ3n) is 2.60. The van der Waals surface area contributed by atoms with Crippen LogP contribution in [0.3, 0.4) is 0 Å². The summed E-state index contributed by atoms with van der Waals surface area (Å²) in [5, 5.41) is 5.96. The molecule has 0 bridgehead atoms. The van der Waals surface area contributed by atoms with E-state index in [1.54, 1.807) is 24.3 Å². The topological polar surface area (TPSA) is 70.6 Å². The number of halogens is 1. The highest BCUT2D eigenvalue weighted by Gasteiger charge is 2.31. The summed E-state index contributed by atoms with van der Waals surface area (Å²) in [6, 6.07) is 6.97. The van der Waals surface area contributed by atoms with Gasteiger partial charge in [0.15, 0.2) is 5.17 Å². The first-order chi connectivity index (χ1) is 9.60. The normalized spacial score (nSPS) is 20.0. The predicted molar refractivity (Wildman–Crippen MR) is 82.2 cm³/mol. The van der Waals surface area contributed by atoms with Crippen LogP contribution in [0.4, 0.5) is 5.69 Å². The maximum absolute atomic E-state index is 11.9. The number of hydrogen-bond donors (Lipinski definition) is 2. The molecule has 0 saturated carbocycles. The lowest BCUT2D eigenvalue weighted by Crippen LogP contribution is -2.28. The molecule has 2 N–H and O–H groups in total. The summed E-state index contributed by atoms with van der Waals surface area (Å²) in [6.07, 6.45) is 0.0878. The van der Waals surface area contributed by atoms with Crippen molar-refractivity contribution in [3.8, 4) is 0 Å². The van der Waals surface area contributed by atoms with E-state index < -0.39 is 5.25 Å². The highest BCUT2D eigenvalue weighted by atomic mass is 35.5. The molecule has 0 radical (unpaired) electrons. The van der Waals surface area contributed by atoms with Gasteiger partial charge in [0.2, 0.25) is 11.8 Å². The third kappa shape index (κ3) is 3.74. The number of aliphatic imine (C=N–C) groups is 1. The number of rotatable bonds is 4. The van der Waals surface area contributed by atoms with Gasteiger partial charge in [0.1, 0.15) is 5.25 Å². The Bertz CT molecular complexity index is 562. The minimum atomic E-state index is -0.442. The number of anilines is 1. The molecule has 1 aliphatic heterocycles. The molecule has 1 atom stereocenters. The van der Waals surface area contributed by atoms with Gasteiger partial charge >= 0.3 is 0 Å². The van der Waals surface area contributed by atoms with Crippen molar-refractivity contribution in [1.82, 2.24) is 5.32 Å². The number of hydrogen-bond acceptors (Lipinski definition) is 4. The first-order valence-electron chi connectivity index (χ1n) is 6.16. The van der Waals surface area contributed by atoms with Crippen LogP contribution in [0.5, 0.6) is 0 Å². The van der Waals surface area contributed by atoms with Gasteiger partial charge < -0.3 is 10.6 Å². The van der Waals surface area contributed by atoms with Gasteiger partial charge in [0.25, 0.3) is 0 Å². The summed E-state index contributed by atoms with van der Waals surface area (Å²) in [4.78, 5) is 27.7. The van der Waals surface area contributed by atoms with E-state index in [0.29, 0.717) is 22.4 Å². The predicted octanol–water partition coefficient (Wildman–Crippen LogP) is 2.28. The van der Waals surface area contributed by atoms with E-state index in [2.05, 4.69) is 15.6 Å². The molecular weight excluding hydrogens is 298 g/mol. The lowest BCUT2D eigenvalue weighted by molar-refractivity contribution is -0.122. The van der Waals surface area contributed by atoms with Crippen molar-refractivity contribution in [2.75, 3.05) is 11.9 Å². The number of thioether (sulfide) groups is 1. The molecule has 2 rings (SSSR count). The van der Waals surface area contributed by atoms with Crippen LogP contribution in [-0.4, -0.2) is 28.8 Å². The van der Waals surface area contributed by atoms with E-state index in [1.807, 2.05) is 6.92 Å². The first-order valence-corrected chi connectivity index (χ1v) is 7.42. The fourth-order valence-corrected chi connectivity index (χ4v) is 2.91. The summed E-state index contributed by atoms with van der Waals surface area (Å²) in [5.41, 5.74) is 0.546. The zero-order chi connectivity index (χ0) is 14.5. The number of carbonyl (C=O) groups is 2. The van der Waals surface area contributed by atoms with Crippen molar-refractivity contribution in [1.29, 1.82) is 0 Å². The molecule has 1 heterocycles. The number of nitrogens with zero attached hydrogens (tertiary/aromatic N) is 1. The zero-order valence-corrected chi connectivity index (χ0v) is 12.4. The molecule has 2 amide bonds. The molecule has 106 valence electrons. The zero-order valence-electron chi connectivity index (χ0n) is 10.9. The van der Waals surface area contributed by atoms with Gasteiger partial charge in [-0.15, -0.1) is 0 Å². The van der Waals surface area contributed by atoms with Crippen molar-refractivity contribution >= 4 is 46.0 Å². The van der Waals surface area contributed by atoms with E-state index >= 15 is 0 Å². The molecule has 7 heteroatoms. The Balaban J connectivity index is 1.94. The Morgan fingerprint density at radius 3 is 2.95 bits per heavy atom. The molecule has 0 aromatic heterocycles. The molecule has 1 aromatic carbocycles. The Labute approximate surface area is 126 Å². The summed E-state index contributed by atoms with van der Waals surface area (Å²) >= 11 is 7.24. The highest BCUT2D eigenvalue weighted by Crippen LogP contribution is 2.24. The highest BCUT2D eigenvalue weighted by molar-refractivity contribution is 8.15. The summed E-state index contributed by atoms with van der Waals surface area (Å²) < 4.78 is 0. The second-order valence-corrected chi connectivity index (χ2v) is 5.71. The average Bonchev–Trinajstić information content (AvgIpc) is 2.73. The monoisotopic (exact) mass is 311 g/mol. The Kier molecular flexibility index (Phi) is 5.03. The maximum atomic E-state index is 11.9. The third-order valence-corrected chi connectivity index (χ3v) is 4.05. The molecule has 1 fully saturated rings. The smallest absolute Gasteiger partial charge is 0.240 e. The molecule has 0 aliphatic carbocycles. The number of para-hydroxylation sites is 1. The summed E-state index contributed by atoms with van der Waals surface area (Å²) in [7, 11) is 0. The molecule has 0 unspecified atom stereocenters. The lowest BCUT2D eigenvalue weighted by Gasteiger charge is -2.08. The van der Waals surface area contributed by atoms with Gasteiger partial charge in [-0.3, -0.25) is 14.6 Å². The van der Waals surface area contributed by atoms with Crippen LogP contribution in [0.15, 0.2) is 29.3 Å². The van der Waals surface area contributed by atoms with Crippen molar-refractivity contribution in [2.45, 2.75) is 18.6 Å². The second-order valence-electron chi connectivity index (χ2n) is 4.11. The van der Waals surface area contributed by atoms with Gasteiger partial charge in [-0.1, -0.05) is 35.5 Å². The molecular formula is C13H14ClN3O2S. The Morgan fingerprint density at radius 2 is 2.25 bits per heavy atom. The number of benzene rings is 1. The minimum Gasteiger partial charge on any atom is -0.325 e. The minimum absolute atomic E-state index is 0.0878. The van der Waals surface area contributed by atoms with Gasteiger partial charge in [0.05, 0.1) is 10.7 Å². The van der Waals surface area contributed by atoms with Crippen LogP contribution < -0.4 is 10.6 Å². The maximum Gasteiger partial charge on any atom is 0.240 e. The van der Waals surface area contributed by atoms with E-state index in [9.17, 15) is 9.59 Å². The van der Waals surface area contributed by atoms with Crippen LogP contribution in [0, 0.1) is 0 Å². The summed E-state index contributed by atoms with van der Waals surface area (Å²) in [6.45, 7) is 2.48. The SMILES string of the molecule is CCN=C1NC(=O)[C@H](CC(=O)Nc2ccccc2Cl)S1. The quantitative estimate of drug-likeness (QED) is 0.896. The van der Waals surface area contributed by atoms with Crippen molar-refractivity contribution in [3.05, 3.63) is 29.3 Å². The van der Waals surface area contributed by atoms with Crippen molar-refractivity contribution < 1.29 is 9.59 Å². The fraction of sp³-hybridized carbons (Fsp3) is 0.308. The van der Waals surface area contributed by atoms with E-state index in [4.69, 9.17) is 11.6 Å². The number of amidine groups is 1. The van der Waals surface area contributed by atoms with E-state index in [0.717, 1.165) is 0 Å². The summed E-state index contributed by atoms with van der Waals surface area (Å²) in [5.74, 6) is -0.431. The number of amides is 2. The van der Waals surface area contributed by atoms with Crippen LogP contribution in [0.25, 0.3) is 0 Å². The first kappa shape index (κ1) is 14.9. The standard InChI is InChI=1S/C13H14ClN3O2S/c1-2-15-13-17-12(19)10(20-13)7-11(18)16-9-6-4-3-5-8(9)14/h3-6,10H,2,7H2,1H3,(H,16,18)(H,15,17,19)/t10-/m0/s1. The molecule has 0 spiro atoms. The van der Waals surface area contributed by atoms with Crippen LogP contribution in [0.2, 0.25) is 5.02 Å². The van der Waals surface area contributed by atoms with Gasteiger partial charge in [-0.05, 0) is 19.1 Å². The van der Waals surface area contributed by atoms with Crippen LogP contribution in [-0.2, 0) is 9.59 Å². The number of nitrogens with one attached hydrogen (secondary N) is 2. The second kappa shape index (κ2) is 6.76. The van der Waals surface area contributed by atoms with Crippen LogP contribution >= 0.6 is 23.4 Å². The van der Waals surface area contributed by atoms with Gasteiger partial charge in [-0.25, -0.2) is 0 Å². The molecule has 1 aromatic rings. The van der Waals surface area contributed by atoms with Crippen molar-refractivity contribution in [2.24, 2.45) is 4.99 Å². The van der Waals surface area contributed by atoms with Gasteiger partial charge in [-0.2, -0.15) is 0 Å². The van der Waals surface area contributed by atoms with Gasteiger partial charge in [0, 0.05) is 13.0 Å². The Hall–Kier alpha value is -1.53. The average molecular weight is 312 g/mol. The fourth-order valence-electron chi connectivity index (χ4n) is 1.69. The molecule has 1 aliphatic rings. The van der Waals surface area contributed by atoms with Crippen LogP contribution in [0.1, 0.15) is 13.3 Å². The Morgan fingerprint density at radius 1 is 1.50 bits per heavy atom. The van der Waals surface area contributed by atoms with E-state index in [-0.39, 0.29) is 18.2 Å². The van der Waals surface area contributed by atoms with Crippen molar-refractivity contribution in [3.63, 3.8) is 0 Å². The largest absolute Gasteiger partial charge is 0.325 e. The number of carbonyl (C=O) groups excluding carboxylic acids is 2. The molecule has 5 nitrogen and oxygen atoms in total.